The number of fused-ring (bicyclic) bond motifs is 1. The van der Waals surface area contributed by atoms with Crippen molar-refractivity contribution in [2.45, 2.75) is 6.54 Å². The number of nitrogens with zero attached hydrogens (tertiary/aromatic N) is 1. The maximum atomic E-state index is 13.4. The van der Waals surface area contributed by atoms with Crippen LogP contribution in [0.1, 0.15) is 15.9 Å². The summed E-state index contributed by atoms with van der Waals surface area (Å²) in [4.78, 5) is 12.5. The van der Waals surface area contributed by atoms with Gasteiger partial charge in [-0.05, 0) is 48.0 Å². The molecule has 0 aromatic heterocycles. The van der Waals surface area contributed by atoms with Gasteiger partial charge in [0.05, 0.1) is 12.2 Å². The van der Waals surface area contributed by atoms with E-state index in [1.165, 1.54) is 22.5 Å². The molecule has 1 heterocycles. The van der Waals surface area contributed by atoms with Crippen molar-refractivity contribution < 1.29 is 17.6 Å². The number of ketones is 1. The van der Waals surface area contributed by atoms with Crippen LogP contribution in [0.25, 0.3) is 0 Å². The second-order valence-electron chi connectivity index (χ2n) is 6.65. The van der Waals surface area contributed by atoms with Crippen molar-refractivity contribution in [3.05, 3.63) is 106 Å². The van der Waals surface area contributed by atoms with Crippen molar-refractivity contribution >= 4 is 38.8 Å². The van der Waals surface area contributed by atoms with Crippen LogP contribution in [0.4, 0.5) is 15.8 Å². The van der Waals surface area contributed by atoms with Crippen LogP contribution in [0.15, 0.2) is 83.9 Å². The Labute approximate surface area is 178 Å². The van der Waals surface area contributed by atoms with Gasteiger partial charge in [-0.15, -0.1) is 0 Å². The average molecular weight is 443 g/mol. The molecule has 0 unspecified atom stereocenters. The molecule has 1 aliphatic heterocycles. The lowest BCUT2D eigenvalue weighted by atomic mass is 10.1. The van der Waals surface area contributed by atoms with Gasteiger partial charge < -0.3 is 5.32 Å². The Morgan fingerprint density at radius 2 is 1.73 bits per heavy atom. The van der Waals surface area contributed by atoms with Gasteiger partial charge in [-0.25, -0.2) is 12.8 Å². The Morgan fingerprint density at radius 1 is 1.00 bits per heavy atom. The fourth-order valence-electron chi connectivity index (χ4n) is 3.17. The number of anilines is 2. The highest BCUT2D eigenvalue weighted by Gasteiger charge is 2.40. The molecule has 3 aromatic carbocycles. The van der Waals surface area contributed by atoms with Crippen molar-refractivity contribution in [3.63, 3.8) is 0 Å². The van der Waals surface area contributed by atoms with Gasteiger partial charge in [0, 0.05) is 22.5 Å². The highest BCUT2D eigenvalue weighted by Crippen LogP contribution is 2.36. The van der Waals surface area contributed by atoms with E-state index >= 15 is 0 Å². The summed E-state index contributed by atoms with van der Waals surface area (Å²) < 4.78 is 41.3. The van der Waals surface area contributed by atoms with E-state index in [4.69, 9.17) is 11.6 Å². The minimum Gasteiger partial charge on any atom is -0.360 e. The predicted molar refractivity (Wildman–Crippen MR) is 115 cm³/mol. The second kappa shape index (κ2) is 7.93. The minimum absolute atomic E-state index is 0.0289. The van der Waals surface area contributed by atoms with Crippen molar-refractivity contribution in [2.75, 3.05) is 9.62 Å². The molecule has 30 heavy (non-hydrogen) atoms. The van der Waals surface area contributed by atoms with E-state index in [9.17, 15) is 17.6 Å². The largest absolute Gasteiger partial charge is 0.360 e. The highest BCUT2D eigenvalue weighted by molar-refractivity contribution is 7.97. The summed E-state index contributed by atoms with van der Waals surface area (Å²) in [7, 11) is -4.16. The predicted octanol–water partition coefficient (Wildman–Crippen LogP) is 4.97. The molecule has 0 aliphatic carbocycles. The molecule has 4 rings (SSSR count). The number of carbonyl (C=O) groups excluding carboxylic acids is 1. The van der Waals surface area contributed by atoms with E-state index < -0.39 is 26.5 Å². The van der Waals surface area contributed by atoms with E-state index in [0.717, 1.165) is 6.20 Å². The van der Waals surface area contributed by atoms with Crippen molar-refractivity contribution in [2.24, 2.45) is 0 Å². The number of para-hydroxylation sites is 1. The van der Waals surface area contributed by atoms with Gasteiger partial charge >= 0.3 is 0 Å². The first-order chi connectivity index (χ1) is 14.4. The zero-order valence-electron chi connectivity index (χ0n) is 15.5. The van der Waals surface area contributed by atoms with Crippen LogP contribution < -0.4 is 9.62 Å². The number of sulfonamides is 1. The lowest BCUT2D eigenvalue weighted by molar-refractivity contribution is 0.104. The van der Waals surface area contributed by atoms with Gasteiger partial charge in [0.15, 0.2) is 4.91 Å². The van der Waals surface area contributed by atoms with Crippen LogP contribution in [0.5, 0.6) is 0 Å². The first kappa shape index (κ1) is 20.1. The number of carbonyl (C=O) groups is 1. The SMILES string of the molecule is O=C1C(=CNc2cccc(F)c2)S(=O)(=O)N(Cc2ccc(Cl)cc2)c2ccccc21. The Balaban J connectivity index is 1.77. The Bertz CT molecular complexity index is 1260. The van der Waals surface area contributed by atoms with Gasteiger partial charge in [0.2, 0.25) is 5.78 Å². The Kier molecular flexibility index (Phi) is 5.32. The summed E-state index contributed by atoms with van der Waals surface area (Å²) in [5.41, 5.74) is 1.62. The molecule has 1 aliphatic rings. The molecule has 8 heteroatoms. The lowest BCUT2D eigenvalue weighted by Gasteiger charge is -2.31. The first-order valence-electron chi connectivity index (χ1n) is 8.99. The monoisotopic (exact) mass is 442 g/mol. The van der Waals surface area contributed by atoms with Crippen molar-refractivity contribution in [1.29, 1.82) is 0 Å². The number of halogens is 2. The zero-order chi connectivity index (χ0) is 21.3. The third kappa shape index (κ3) is 3.81. The third-order valence-electron chi connectivity index (χ3n) is 4.64. The molecule has 0 spiro atoms. The number of Topliss-reactive ketones (excluding diaryl/α,β-unsaturated/α-hetero) is 1. The summed E-state index contributed by atoms with van der Waals surface area (Å²) >= 11 is 5.92. The van der Waals surface area contributed by atoms with Crippen LogP contribution in [-0.4, -0.2) is 14.2 Å². The first-order valence-corrected chi connectivity index (χ1v) is 10.8. The van der Waals surface area contributed by atoms with Crippen molar-refractivity contribution in [3.8, 4) is 0 Å². The number of benzene rings is 3. The number of allylic oxidation sites excluding steroid dienone is 1. The highest BCUT2D eigenvalue weighted by atomic mass is 35.5. The molecule has 0 radical (unpaired) electrons. The fraction of sp³-hybridized carbons (Fsp3) is 0.0455. The molecule has 1 N–H and O–H groups in total. The maximum absolute atomic E-state index is 13.4. The molecule has 0 bridgehead atoms. The molecular formula is C22H16ClFN2O3S. The van der Waals surface area contributed by atoms with Crippen LogP contribution in [0.3, 0.4) is 0 Å². The number of hydrogen-bond donors (Lipinski definition) is 1. The summed E-state index contributed by atoms with van der Waals surface area (Å²) in [6.07, 6.45) is 1.11. The fourth-order valence-corrected chi connectivity index (χ4v) is 4.83. The van der Waals surface area contributed by atoms with Crippen LogP contribution in [-0.2, 0) is 16.6 Å². The molecule has 3 aromatic rings. The van der Waals surface area contributed by atoms with Crippen LogP contribution in [0.2, 0.25) is 5.02 Å². The van der Waals surface area contributed by atoms with Crippen LogP contribution in [0, 0.1) is 5.82 Å². The quantitative estimate of drug-likeness (QED) is 0.579. The number of nitrogens with one attached hydrogen (secondary N) is 1. The van der Waals surface area contributed by atoms with Gasteiger partial charge in [0.1, 0.15) is 5.82 Å². The molecule has 0 atom stereocenters. The van der Waals surface area contributed by atoms with E-state index in [0.29, 0.717) is 22.0 Å². The summed E-state index contributed by atoms with van der Waals surface area (Å²) in [6, 6.07) is 18.9. The molecule has 0 amide bonds. The number of rotatable bonds is 4. The summed E-state index contributed by atoms with van der Waals surface area (Å²) in [5, 5.41) is 3.26. The smallest absolute Gasteiger partial charge is 0.270 e. The average Bonchev–Trinajstić information content (AvgIpc) is 2.72. The molecular weight excluding hydrogens is 427 g/mol. The molecule has 0 saturated heterocycles. The van der Waals surface area contributed by atoms with Gasteiger partial charge in [-0.3, -0.25) is 9.10 Å². The molecule has 152 valence electrons. The van der Waals surface area contributed by atoms with E-state index in [-0.39, 0.29) is 12.1 Å². The third-order valence-corrected chi connectivity index (χ3v) is 6.66. The Hall–Kier alpha value is -3.16. The molecule has 5 nitrogen and oxygen atoms in total. The van der Waals surface area contributed by atoms with E-state index in [1.807, 2.05) is 0 Å². The van der Waals surface area contributed by atoms with Gasteiger partial charge in [-0.2, -0.15) is 0 Å². The minimum atomic E-state index is -4.16. The molecule has 0 fully saturated rings. The van der Waals surface area contributed by atoms with Gasteiger partial charge in [0.25, 0.3) is 10.0 Å². The van der Waals surface area contributed by atoms with Crippen molar-refractivity contribution in [1.82, 2.24) is 0 Å². The lowest BCUT2D eigenvalue weighted by Crippen LogP contribution is -2.39. The number of hydrogen-bond acceptors (Lipinski definition) is 4. The zero-order valence-corrected chi connectivity index (χ0v) is 17.1. The Morgan fingerprint density at radius 3 is 2.47 bits per heavy atom. The summed E-state index contributed by atoms with van der Waals surface area (Å²) in [5.74, 6) is -1.10. The standard InChI is InChI=1S/C22H16ClFN2O3S/c23-16-10-8-15(9-11-16)14-26-20-7-2-1-6-19(20)22(27)21(30(26,28)29)13-25-18-5-3-4-17(24)12-18/h1-13,25H,14H2. The normalized spacial score (nSPS) is 16.4. The van der Waals surface area contributed by atoms with E-state index in [2.05, 4.69) is 5.32 Å². The topological polar surface area (TPSA) is 66.5 Å². The maximum Gasteiger partial charge on any atom is 0.270 e. The van der Waals surface area contributed by atoms with Crippen LogP contribution >= 0.6 is 11.6 Å². The van der Waals surface area contributed by atoms with Gasteiger partial charge in [-0.1, -0.05) is 41.9 Å². The summed E-state index contributed by atoms with van der Waals surface area (Å²) in [6.45, 7) is 0.0289. The molecule has 0 saturated carbocycles. The second-order valence-corrected chi connectivity index (χ2v) is 8.91. The van der Waals surface area contributed by atoms with E-state index in [1.54, 1.807) is 54.6 Å².